The highest BCUT2D eigenvalue weighted by molar-refractivity contribution is 5.92. The zero-order valence-electron chi connectivity index (χ0n) is 15.1. The summed E-state index contributed by atoms with van der Waals surface area (Å²) < 4.78 is 1.90. The molecular formula is C20H23N5O2. The van der Waals surface area contributed by atoms with Gasteiger partial charge in [-0.25, -0.2) is 4.79 Å². The second-order valence-electron chi connectivity index (χ2n) is 6.86. The quantitative estimate of drug-likeness (QED) is 0.722. The molecule has 27 heavy (non-hydrogen) atoms. The zero-order valence-corrected chi connectivity index (χ0v) is 15.1. The minimum atomic E-state index is -0.143. The monoisotopic (exact) mass is 365 g/mol. The summed E-state index contributed by atoms with van der Waals surface area (Å²) in [6.07, 6.45) is 3.47. The van der Waals surface area contributed by atoms with Gasteiger partial charge in [-0.2, -0.15) is 0 Å². The topological polar surface area (TPSA) is 83.0 Å². The minimum Gasteiger partial charge on any atom is -0.349 e. The highest BCUT2D eigenvalue weighted by Gasteiger charge is 2.23. The van der Waals surface area contributed by atoms with Crippen molar-refractivity contribution >= 4 is 16.9 Å². The Labute approximate surface area is 157 Å². The van der Waals surface area contributed by atoms with Crippen molar-refractivity contribution in [2.75, 3.05) is 26.2 Å². The van der Waals surface area contributed by atoms with Gasteiger partial charge < -0.3 is 15.2 Å². The number of hydrogen-bond donors (Lipinski definition) is 2. The van der Waals surface area contributed by atoms with Crippen LogP contribution in [0.5, 0.6) is 0 Å². The molecule has 1 aliphatic heterocycles. The third kappa shape index (κ3) is 3.78. The van der Waals surface area contributed by atoms with Crippen LogP contribution in [-0.2, 0) is 0 Å². The number of aromatic amines is 1. The zero-order chi connectivity index (χ0) is 18.6. The number of rotatable bonds is 5. The summed E-state index contributed by atoms with van der Waals surface area (Å²) in [5, 5.41) is 2.91. The van der Waals surface area contributed by atoms with Crippen LogP contribution in [-0.4, -0.2) is 51.5 Å². The second-order valence-corrected chi connectivity index (χ2v) is 6.86. The van der Waals surface area contributed by atoms with Crippen LogP contribution in [0.4, 0.5) is 0 Å². The number of nitrogens with one attached hydrogen (secondary N) is 2. The number of para-hydroxylation sites is 2. The van der Waals surface area contributed by atoms with Crippen LogP contribution >= 0.6 is 0 Å². The summed E-state index contributed by atoms with van der Waals surface area (Å²) in [6.45, 7) is 3.22. The average Bonchev–Trinajstić information content (AvgIpc) is 3.05. The van der Waals surface area contributed by atoms with Crippen LogP contribution < -0.4 is 11.0 Å². The van der Waals surface area contributed by atoms with Crippen molar-refractivity contribution in [3.8, 4) is 0 Å². The van der Waals surface area contributed by atoms with Gasteiger partial charge in [0.05, 0.1) is 11.0 Å². The maximum atomic E-state index is 12.3. The highest BCUT2D eigenvalue weighted by Crippen LogP contribution is 2.24. The van der Waals surface area contributed by atoms with Gasteiger partial charge in [0.25, 0.3) is 5.91 Å². The molecule has 1 aromatic carbocycles. The predicted octanol–water partition coefficient (Wildman–Crippen LogP) is 1.79. The van der Waals surface area contributed by atoms with E-state index in [4.69, 9.17) is 0 Å². The molecule has 1 fully saturated rings. The van der Waals surface area contributed by atoms with Gasteiger partial charge in [-0.15, -0.1) is 0 Å². The molecule has 2 N–H and O–H groups in total. The lowest BCUT2D eigenvalue weighted by Crippen LogP contribution is -2.41. The van der Waals surface area contributed by atoms with Crippen LogP contribution in [0.1, 0.15) is 29.4 Å². The van der Waals surface area contributed by atoms with Gasteiger partial charge in [0, 0.05) is 38.4 Å². The van der Waals surface area contributed by atoms with Crippen molar-refractivity contribution in [1.82, 2.24) is 24.8 Å². The lowest BCUT2D eigenvalue weighted by Gasteiger charge is -2.32. The van der Waals surface area contributed by atoms with E-state index in [-0.39, 0.29) is 17.6 Å². The molecule has 4 rings (SSSR count). The van der Waals surface area contributed by atoms with Gasteiger partial charge >= 0.3 is 5.69 Å². The number of carbonyl (C=O) groups is 1. The number of H-pyrrole nitrogens is 1. The third-order valence-electron chi connectivity index (χ3n) is 5.16. The standard InChI is InChI=1S/C20H23N5O2/c26-19(17-6-3-4-10-21-17)22-11-14-24-12-8-15(9-13-24)25-18-7-2-1-5-16(18)23-20(25)27/h1-7,10,15H,8-9,11-14H2,(H,22,26)(H,23,27). The molecule has 0 radical (unpaired) electrons. The molecule has 3 heterocycles. The predicted molar refractivity (Wildman–Crippen MR) is 104 cm³/mol. The summed E-state index contributed by atoms with van der Waals surface area (Å²) in [7, 11) is 0. The fourth-order valence-electron chi connectivity index (χ4n) is 3.75. The molecule has 1 saturated heterocycles. The van der Waals surface area contributed by atoms with Gasteiger partial charge in [0.1, 0.15) is 5.69 Å². The number of piperidine rings is 1. The van der Waals surface area contributed by atoms with Crippen LogP contribution in [0.3, 0.4) is 0 Å². The summed E-state index contributed by atoms with van der Waals surface area (Å²) in [5.74, 6) is -0.143. The summed E-state index contributed by atoms with van der Waals surface area (Å²) >= 11 is 0. The first-order chi connectivity index (χ1) is 13.2. The van der Waals surface area contributed by atoms with E-state index in [1.165, 1.54) is 0 Å². The normalized spacial score (nSPS) is 15.9. The third-order valence-corrected chi connectivity index (χ3v) is 5.16. The Balaban J connectivity index is 1.30. The van der Waals surface area contributed by atoms with Crippen molar-refractivity contribution in [2.45, 2.75) is 18.9 Å². The lowest BCUT2D eigenvalue weighted by atomic mass is 10.0. The number of amides is 1. The first-order valence-corrected chi connectivity index (χ1v) is 9.33. The van der Waals surface area contributed by atoms with E-state index in [2.05, 4.69) is 20.2 Å². The number of likely N-dealkylation sites (tertiary alicyclic amines) is 1. The van der Waals surface area contributed by atoms with Crippen molar-refractivity contribution in [2.24, 2.45) is 0 Å². The molecule has 3 aromatic rings. The fourth-order valence-corrected chi connectivity index (χ4v) is 3.75. The van der Waals surface area contributed by atoms with Crippen LogP contribution in [0.2, 0.25) is 0 Å². The van der Waals surface area contributed by atoms with Gasteiger partial charge in [-0.3, -0.25) is 14.3 Å². The van der Waals surface area contributed by atoms with Crippen molar-refractivity contribution < 1.29 is 4.79 Å². The lowest BCUT2D eigenvalue weighted by molar-refractivity contribution is 0.0939. The molecule has 1 amide bonds. The number of fused-ring (bicyclic) bond motifs is 1. The molecule has 0 aliphatic carbocycles. The minimum absolute atomic E-state index is 0.0303. The van der Waals surface area contributed by atoms with Crippen LogP contribution in [0, 0.1) is 0 Å². The van der Waals surface area contributed by atoms with E-state index in [0.29, 0.717) is 12.2 Å². The number of imidazole rings is 1. The SMILES string of the molecule is O=C(NCCN1CCC(n2c(=O)[nH]c3ccccc32)CC1)c1ccccn1. The van der Waals surface area contributed by atoms with Crippen LogP contribution in [0.25, 0.3) is 11.0 Å². The number of carbonyl (C=O) groups excluding carboxylic acids is 1. The molecule has 0 spiro atoms. The van der Waals surface area contributed by atoms with E-state index in [1.54, 1.807) is 24.4 Å². The smallest absolute Gasteiger partial charge is 0.326 e. The summed E-state index contributed by atoms with van der Waals surface area (Å²) in [6, 6.07) is 13.3. The first kappa shape index (κ1) is 17.5. The van der Waals surface area contributed by atoms with Crippen LogP contribution in [0.15, 0.2) is 53.5 Å². The number of aromatic nitrogens is 3. The van der Waals surface area contributed by atoms with E-state index in [0.717, 1.165) is 43.5 Å². The molecule has 0 saturated carbocycles. The van der Waals surface area contributed by atoms with Gasteiger partial charge in [-0.1, -0.05) is 18.2 Å². The van der Waals surface area contributed by atoms with Crippen molar-refractivity contribution in [3.63, 3.8) is 0 Å². The van der Waals surface area contributed by atoms with E-state index in [1.807, 2.05) is 28.8 Å². The molecule has 1 aliphatic rings. The van der Waals surface area contributed by atoms with Gasteiger partial charge in [-0.05, 0) is 37.1 Å². The Kier molecular flexibility index (Phi) is 5.02. The number of nitrogens with zero attached hydrogens (tertiary/aromatic N) is 3. The molecule has 0 unspecified atom stereocenters. The second kappa shape index (κ2) is 7.75. The molecule has 0 bridgehead atoms. The maximum absolute atomic E-state index is 12.3. The van der Waals surface area contributed by atoms with Gasteiger partial charge in [0.2, 0.25) is 0 Å². The molecule has 7 heteroatoms. The number of benzene rings is 1. The Bertz CT molecular complexity index is 971. The molecule has 7 nitrogen and oxygen atoms in total. The first-order valence-electron chi connectivity index (χ1n) is 9.33. The molecular weight excluding hydrogens is 342 g/mol. The number of hydrogen-bond acceptors (Lipinski definition) is 4. The van der Waals surface area contributed by atoms with E-state index >= 15 is 0 Å². The molecule has 2 aromatic heterocycles. The maximum Gasteiger partial charge on any atom is 0.326 e. The molecule has 0 atom stereocenters. The van der Waals surface area contributed by atoms with E-state index in [9.17, 15) is 9.59 Å². The van der Waals surface area contributed by atoms with Crippen molar-refractivity contribution in [3.05, 3.63) is 64.8 Å². The number of pyridine rings is 1. The molecule has 140 valence electrons. The Morgan fingerprint density at radius 2 is 1.93 bits per heavy atom. The highest BCUT2D eigenvalue weighted by atomic mass is 16.2. The van der Waals surface area contributed by atoms with Crippen molar-refractivity contribution in [1.29, 1.82) is 0 Å². The Morgan fingerprint density at radius 1 is 1.15 bits per heavy atom. The van der Waals surface area contributed by atoms with Gasteiger partial charge in [0.15, 0.2) is 0 Å². The average molecular weight is 365 g/mol. The fraction of sp³-hybridized carbons (Fsp3) is 0.350. The largest absolute Gasteiger partial charge is 0.349 e. The van der Waals surface area contributed by atoms with E-state index < -0.39 is 0 Å². The Morgan fingerprint density at radius 3 is 2.70 bits per heavy atom. The Hall–Kier alpha value is -2.93. The summed E-state index contributed by atoms with van der Waals surface area (Å²) in [4.78, 5) is 33.7. The summed E-state index contributed by atoms with van der Waals surface area (Å²) in [5.41, 5.74) is 2.28.